The van der Waals surface area contributed by atoms with Gasteiger partial charge in [0, 0.05) is 12.1 Å². The zero-order chi connectivity index (χ0) is 14.4. The molecule has 2 N–H and O–H groups in total. The van der Waals surface area contributed by atoms with Crippen molar-refractivity contribution in [1.29, 1.82) is 0 Å². The Morgan fingerprint density at radius 1 is 0.857 bits per heavy atom. The standard InChI is InChI=1S/C18H30N2S/c1-11-4-2-3-5-16(11)19-18(21)20-17-14-7-12-6-13(9-14)10-15(17)8-12/h11-17H,2-10H2,1H3,(H2,19,20,21)/t11-,12?,13?,14?,15?,16+,17?/m0/s1. The lowest BCUT2D eigenvalue weighted by molar-refractivity contribution is -0.00705. The third-order valence-electron chi connectivity index (χ3n) is 6.95. The van der Waals surface area contributed by atoms with Crippen molar-refractivity contribution >= 4 is 17.3 Å². The van der Waals surface area contributed by atoms with Crippen LogP contribution in [-0.4, -0.2) is 17.2 Å². The molecule has 4 bridgehead atoms. The molecule has 5 rings (SSSR count). The van der Waals surface area contributed by atoms with E-state index in [0.717, 1.165) is 34.7 Å². The van der Waals surface area contributed by atoms with E-state index in [1.165, 1.54) is 57.8 Å². The van der Waals surface area contributed by atoms with Crippen molar-refractivity contribution in [3.63, 3.8) is 0 Å². The molecule has 0 saturated heterocycles. The summed E-state index contributed by atoms with van der Waals surface area (Å²) in [7, 11) is 0. The number of thiocarbonyl (C=S) groups is 1. The molecular weight excluding hydrogens is 276 g/mol. The molecule has 0 aromatic heterocycles. The predicted octanol–water partition coefficient (Wildman–Crippen LogP) is 3.85. The fourth-order valence-electron chi connectivity index (χ4n) is 6.05. The van der Waals surface area contributed by atoms with E-state index in [2.05, 4.69) is 17.6 Å². The lowest BCUT2D eigenvalue weighted by Gasteiger charge is -2.54. The Morgan fingerprint density at radius 3 is 2.10 bits per heavy atom. The molecule has 5 aliphatic carbocycles. The fourth-order valence-corrected chi connectivity index (χ4v) is 6.34. The SMILES string of the molecule is C[C@H]1CCCC[C@H]1NC(=S)NC1C2CC3CC(C2)CC1C3. The van der Waals surface area contributed by atoms with Gasteiger partial charge in [0.2, 0.25) is 0 Å². The molecule has 118 valence electrons. The van der Waals surface area contributed by atoms with Crippen LogP contribution in [0.2, 0.25) is 0 Å². The normalized spacial score (nSPS) is 48.1. The zero-order valence-corrected chi connectivity index (χ0v) is 14.1. The summed E-state index contributed by atoms with van der Waals surface area (Å²) in [6.07, 6.45) is 12.8. The van der Waals surface area contributed by atoms with E-state index >= 15 is 0 Å². The van der Waals surface area contributed by atoms with Crippen molar-refractivity contribution in [3.05, 3.63) is 0 Å². The van der Waals surface area contributed by atoms with Crippen LogP contribution in [0.25, 0.3) is 0 Å². The van der Waals surface area contributed by atoms with Crippen molar-refractivity contribution in [2.45, 2.75) is 76.8 Å². The Hall–Kier alpha value is -0.310. The minimum Gasteiger partial charge on any atom is -0.360 e. The van der Waals surface area contributed by atoms with Gasteiger partial charge in [-0.1, -0.05) is 19.8 Å². The van der Waals surface area contributed by atoms with Crippen LogP contribution in [0, 0.1) is 29.6 Å². The maximum absolute atomic E-state index is 5.66. The Labute approximate surface area is 134 Å². The van der Waals surface area contributed by atoms with Crippen LogP contribution in [-0.2, 0) is 0 Å². The van der Waals surface area contributed by atoms with Crippen molar-refractivity contribution < 1.29 is 0 Å². The van der Waals surface area contributed by atoms with Crippen molar-refractivity contribution in [1.82, 2.24) is 10.6 Å². The molecule has 5 saturated carbocycles. The number of nitrogens with one attached hydrogen (secondary N) is 2. The highest BCUT2D eigenvalue weighted by atomic mass is 32.1. The van der Waals surface area contributed by atoms with Gasteiger partial charge in [0.1, 0.15) is 0 Å². The van der Waals surface area contributed by atoms with Crippen molar-refractivity contribution in [2.75, 3.05) is 0 Å². The van der Waals surface area contributed by atoms with E-state index in [9.17, 15) is 0 Å². The average Bonchev–Trinajstić information content (AvgIpc) is 2.44. The second-order valence-corrected chi connectivity index (χ2v) is 8.85. The summed E-state index contributed by atoms with van der Waals surface area (Å²) in [6, 6.07) is 1.28. The van der Waals surface area contributed by atoms with Gasteiger partial charge < -0.3 is 10.6 Å². The highest BCUT2D eigenvalue weighted by molar-refractivity contribution is 7.80. The highest BCUT2D eigenvalue weighted by Gasteiger charge is 2.48. The highest BCUT2D eigenvalue weighted by Crippen LogP contribution is 2.53. The molecule has 0 spiro atoms. The monoisotopic (exact) mass is 306 g/mol. The molecule has 3 heteroatoms. The third-order valence-corrected chi connectivity index (χ3v) is 7.19. The lowest BCUT2D eigenvalue weighted by atomic mass is 9.54. The lowest BCUT2D eigenvalue weighted by Crippen LogP contribution is -2.58. The zero-order valence-electron chi connectivity index (χ0n) is 13.3. The molecule has 2 atom stereocenters. The first-order chi connectivity index (χ1) is 10.2. The van der Waals surface area contributed by atoms with Gasteiger partial charge in [0.15, 0.2) is 5.11 Å². The molecule has 0 aromatic rings. The third kappa shape index (κ3) is 2.83. The topological polar surface area (TPSA) is 24.1 Å². The number of hydrogen-bond donors (Lipinski definition) is 2. The van der Waals surface area contributed by atoms with Crippen LogP contribution in [0.15, 0.2) is 0 Å². The maximum Gasteiger partial charge on any atom is 0.166 e. The van der Waals surface area contributed by atoms with Gasteiger partial charge in [-0.15, -0.1) is 0 Å². The number of rotatable bonds is 2. The van der Waals surface area contributed by atoms with Gasteiger partial charge in [-0.2, -0.15) is 0 Å². The van der Waals surface area contributed by atoms with Crippen LogP contribution in [0.4, 0.5) is 0 Å². The van der Waals surface area contributed by atoms with Gasteiger partial charge in [0.05, 0.1) is 0 Å². The molecule has 0 aromatic carbocycles. The predicted molar refractivity (Wildman–Crippen MR) is 91.1 cm³/mol. The molecule has 0 radical (unpaired) electrons. The minimum atomic E-state index is 0.607. The molecule has 5 aliphatic rings. The summed E-state index contributed by atoms with van der Waals surface area (Å²) >= 11 is 5.66. The Bertz CT molecular complexity index is 380. The first-order valence-corrected chi connectivity index (χ1v) is 9.67. The molecule has 0 aliphatic heterocycles. The van der Waals surface area contributed by atoms with Crippen molar-refractivity contribution in [2.24, 2.45) is 29.6 Å². The molecule has 21 heavy (non-hydrogen) atoms. The van der Waals surface area contributed by atoms with E-state index in [0.29, 0.717) is 12.1 Å². The second kappa shape index (κ2) is 5.72. The number of hydrogen-bond acceptors (Lipinski definition) is 1. The summed E-state index contributed by atoms with van der Waals surface area (Å²) in [5.74, 6) is 4.68. The molecule has 2 nitrogen and oxygen atoms in total. The van der Waals surface area contributed by atoms with E-state index in [1.807, 2.05) is 0 Å². The van der Waals surface area contributed by atoms with Gasteiger partial charge in [-0.05, 0) is 86.8 Å². The molecule has 0 amide bonds. The molecule has 0 unspecified atom stereocenters. The van der Waals surface area contributed by atoms with Crippen LogP contribution in [0.5, 0.6) is 0 Å². The summed E-state index contributed by atoms with van der Waals surface area (Å²) < 4.78 is 0. The van der Waals surface area contributed by atoms with Gasteiger partial charge in [0.25, 0.3) is 0 Å². The minimum absolute atomic E-state index is 0.607. The van der Waals surface area contributed by atoms with E-state index < -0.39 is 0 Å². The first kappa shape index (κ1) is 14.3. The first-order valence-electron chi connectivity index (χ1n) is 9.26. The van der Waals surface area contributed by atoms with Gasteiger partial charge >= 0.3 is 0 Å². The summed E-state index contributed by atoms with van der Waals surface area (Å²) in [5.41, 5.74) is 0. The largest absolute Gasteiger partial charge is 0.360 e. The Kier molecular flexibility index (Phi) is 3.89. The fraction of sp³-hybridized carbons (Fsp3) is 0.944. The summed E-state index contributed by atoms with van der Waals surface area (Å²) in [4.78, 5) is 0. The van der Waals surface area contributed by atoms with Gasteiger partial charge in [-0.25, -0.2) is 0 Å². The van der Waals surface area contributed by atoms with Crippen LogP contribution in [0.1, 0.15) is 64.7 Å². The second-order valence-electron chi connectivity index (χ2n) is 8.44. The average molecular weight is 307 g/mol. The Morgan fingerprint density at radius 2 is 1.48 bits per heavy atom. The van der Waals surface area contributed by atoms with Gasteiger partial charge in [-0.3, -0.25) is 0 Å². The molecular formula is C18H30N2S. The smallest absolute Gasteiger partial charge is 0.166 e. The molecule has 5 fully saturated rings. The van der Waals surface area contributed by atoms with Crippen LogP contribution in [0.3, 0.4) is 0 Å². The quantitative estimate of drug-likeness (QED) is 0.758. The van der Waals surface area contributed by atoms with E-state index in [-0.39, 0.29) is 0 Å². The van der Waals surface area contributed by atoms with Crippen LogP contribution < -0.4 is 10.6 Å². The van der Waals surface area contributed by atoms with E-state index in [1.54, 1.807) is 0 Å². The van der Waals surface area contributed by atoms with Crippen LogP contribution >= 0.6 is 12.2 Å². The maximum atomic E-state index is 5.66. The Balaban J connectivity index is 1.34. The molecule has 0 heterocycles. The summed E-state index contributed by atoms with van der Waals surface area (Å²) in [6.45, 7) is 2.38. The summed E-state index contributed by atoms with van der Waals surface area (Å²) in [5, 5.41) is 8.35. The van der Waals surface area contributed by atoms with E-state index in [4.69, 9.17) is 12.2 Å². The van der Waals surface area contributed by atoms with Crippen molar-refractivity contribution in [3.8, 4) is 0 Å².